The lowest BCUT2D eigenvalue weighted by Crippen LogP contribution is -2.24. The molecule has 0 aromatic carbocycles. The van der Waals surface area contributed by atoms with Crippen molar-refractivity contribution >= 4 is 27.5 Å². The van der Waals surface area contributed by atoms with Crippen LogP contribution in [0.2, 0.25) is 0 Å². The number of hydrogen-bond acceptors (Lipinski definition) is 7. The van der Waals surface area contributed by atoms with E-state index in [1.54, 1.807) is 18.4 Å². The summed E-state index contributed by atoms with van der Waals surface area (Å²) in [6.45, 7) is 6.17. The highest BCUT2D eigenvalue weighted by molar-refractivity contribution is 7.20. The molecule has 4 heterocycles. The van der Waals surface area contributed by atoms with Crippen LogP contribution >= 0.6 is 11.3 Å². The smallest absolute Gasteiger partial charge is 0.349 e. The van der Waals surface area contributed by atoms with Crippen LogP contribution in [0, 0.1) is 20.8 Å². The summed E-state index contributed by atoms with van der Waals surface area (Å²) in [5.74, 6) is 1.01. The lowest BCUT2D eigenvalue weighted by molar-refractivity contribution is 0.0476. The zero-order chi connectivity index (χ0) is 19.1. The van der Waals surface area contributed by atoms with E-state index in [1.165, 1.54) is 11.3 Å². The minimum Gasteiger partial charge on any atom is -0.456 e. The molecule has 0 amide bonds. The fourth-order valence-electron chi connectivity index (χ4n) is 3.52. The minimum absolute atomic E-state index is 0.0459. The first-order valence-corrected chi connectivity index (χ1v) is 9.90. The molecule has 8 heteroatoms. The van der Waals surface area contributed by atoms with E-state index in [0.717, 1.165) is 37.1 Å². The van der Waals surface area contributed by atoms with Crippen LogP contribution in [0.15, 0.2) is 9.32 Å². The van der Waals surface area contributed by atoms with Gasteiger partial charge in [-0.25, -0.2) is 9.78 Å². The molecule has 7 nitrogen and oxygen atoms in total. The van der Waals surface area contributed by atoms with E-state index in [0.29, 0.717) is 38.7 Å². The maximum atomic E-state index is 13.0. The van der Waals surface area contributed by atoms with Gasteiger partial charge in [-0.1, -0.05) is 11.6 Å². The summed E-state index contributed by atoms with van der Waals surface area (Å²) < 4.78 is 12.3. The van der Waals surface area contributed by atoms with Crippen molar-refractivity contribution in [1.82, 2.24) is 14.7 Å². The normalized spacial score (nSPS) is 14.2. The Morgan fingerprint density at radius 2 is 2.07 bits per heavy atom. The zero-order valence-corrected chi connectivity index (χ0v) is 16.4. The van der Waals surface area contributed by atoms with Gasteiger partial charge >= 0.3 is 5.97 Å². The van der Waals surface area contributed by atoms with Gasteiger partial charge in [0.25, 0.3) is 5.56 Å². The van der Waals surface area contributed by atoms with E-state index in [1.807, 2.05) is 6.92 Å². The van der Waals surface area contributed by atoms with Crippen LogP contribution in [-0.4, -0.2) is 20.7 Å². The molecule has 1 aliphatic rings. The Morgan fingerprint density at radius 1 is 1.26 bits per heavy atom. The zero-order valence-electron chi connectivity index (χ0n) is 15.6. The SMILES string of the molecule is Cc1noc(C)c1COC(=O)c1sc2nc3n(c(=O)c2c1C)CCCCC3. The Morgan fingerprint density at radius 3 is 2.81 bits per heavy atom. The third-order valence-corrected chi connectivity index (χ3v) is 6.29. The topological polar surface area (TPSA) is 87.2 Å². The van der Waals surface area contributed by atoms with Crippen LogP contribution < -0.4 is 5.56 Å². The summed E-state index contributed by atoms with van der Waals surface area (Å²) >= 11 is 1.23. The Hall–Kier alpha value is -2.48. The number of rotatable bonds is 3. The average Bonchev–Trinajstić information content (AvgIpc) is 3.02. The molecule has 0 fully saturated rings. The monoisotopic (exact) mass is 387 g/mol. The van der Waals surface area contributed by atoms with Crippen molar-refractivity contribution in [3.63, 3.8) is 0 Å². The summed E-state index contributed by atoms with van der Waals surface area (Å²) in [5.41, 5.74) is 2.08. The van der Waals surface area contributed by atoms with Gasteiger partial charge in [0, 0.05) is 13.0 Å². The number of fused-ring (bicyclic) bond motifs is 2. The second-order valence-corrected chi connectivity index (χ2v) is 7.91. The predicted octanol–water partition coefficient (Wildman–Crippen LogP) is 3.45. The van der Waals surface area contributed by atoms with Gasteiger partial charge in [0.2, 0.25) is 0 Å². The summed E-state index contributed by atoms with van der Waals surface area (Å²) in [7, 11) is 0. The van der Waals surface area contributed by atoms with E-state index >= 15 is 0 Å². The molecule has 0 saturated carbocycles. The number of nitrogens with zero attached hydrogens (tertiary/aromatic N) is 3. The van der Waals surface area contributed by atoms with Crippen LogP contribution in [0.1, 0.15) is 57.3 Å². The molecule has 0 bridgehead atoms. The van der Waals surface area contributed by atoms with Gasteiger partial charge < -0.3 is 9.26 Å². The Bertz CT molecular complexity index is 1070. The van der Waals surface area contributed by atoms with Crippen molar-refractivity contribution < 1.29 is 14.1 Å². The highest BCUT2D eigenvalue weighted by Gasteiger charge is 2.23. The van der Waals surface area contributed by atoms with Gasteiger partial charge in [0.1, 0.15) is 27.9 Å². The van der Waals surface area contributed by atoms with Gasteiger partial charge in [0.15, 0.2) is 0 Å². The minimum atomic E-state index is -0.449. The Labute approximate surface area is 160 Å². The van der Waals surface area contributed by atoms with Gasteiger partial charge in [0.05, 0.1) is 16.6 Å². The molecule has 27 heavy (non-hydrogen) atoms. The van der Waals surface area contributed by atoms with Crippen molar-refractivity contribution in [3.05, 3.63) is 43.6 Å². The molecule has 3 aromatic heterocycles. The molecule has 0 unspecified atom stereocenters. The number of carbonyl (C=O) groups is 1. The molecule has 0 aliphatic carbocycles. The number of aryl methyl sites for hydroxylation is 4. The first kappa shape index (κ1) is 17.9. The van der Waals surface area contributed by atoms with Crippen molar-refractivity contribution in [2.24, 2.45) is 0 Å². The number of carbonyl (C=O) groups excluding carboxylic acids is 1. The van der Waals surface area contributed by atoms with E-state index in [-0.39, 0.29) is 12.2 Å². The maximum absolute atomic E-state index is 13.0. The van der Waals surface area contributed by atoms with E-state index in [9.17, 15) is 9.59 Å². The van der Waals surface area contributed by atoms with Gasteiger partial charge in [-0.3, -0.25) is 9.36 Å². The molecule has 3 aromatic rings. The van der Waals surface area contributed by atoms with Crippen LogP contribution in [0.5, 0.6) is 0 Å². The quantitative estimate of drug-likeness (QED) is 0.640. The van der Waals surface area contributed by atoms with Gasteiger partial charge in [-0.2, -0.15) is 0 Å². The lowest BCUT2D eigenvalue weighted by Gasteiger charge is -2.08. The van der Waals surface area contributed by atoms with Crippen LogP contribution in [0.25, 0.3) is 10.2 Å². The molecular formula is C19H21N3O4S. The van der Waals surface area contributed by atoms with Crippen LogP contribution in [0.3, 0.4) is 0 Å². The number of ether oxygens (including phenoxy) is 1. The predicted molar refractivity (Wildman–Crippen MR) is 101 cm³/mol. The second-order valence-electron chi connectivity index (χ2n) is 6.91. The largest absolute Gasteiger partial charge is 0.456 e. The molecule has 0 saturated heterocycles. The molecular weight excluding hydrogens is 366 g/mol. The van der Waals surface area contributed by atoms with E-state index < -0.39 is 5.97 Å². The fraction of sp³-hybridized carbons (Fsp3) is 0.474. The van der Waals surface area contributed by atoms with Crippen molar-refractivity contribution in [3.8, 4) is 0 Å². The number of aromatic nitrogens is 3. The standard InChI is InChI=1S/C19H21N3O4S/c1-10-15-17(20-14-7-5-4-6-8-22(14)18(15)23)27-16(10)19(24)25-9-13-11(2)21-26-12(13)3/h4-9H2,1-3H3. The molecule has 0 atom stereocenters. The van der Waals surface area contributed by atoms with Gasteiger partial charge in [-0.15, -0.1) is 11.3 Å². The summed E-state index contributed by atoms with van der Waals surface area (Å²) in [5, 5.41) is 4.40. The van der Waals surface area contributed by atoms with Crippen molar-refractivity contribution in [1.29, 1.82) is 0 Å². The van der Waals surface area contributed by atoms with Gasteiger partial charge in [-0.05, 0) is 39.2 Å². The third kappa shape index (κ3) is 3.07. The molecule has 142 valence electrons. The highest BCUT2D eigenvalue weighted by Crippen LogP contribution is 2.29. The van der Waals surface area contributed by atoms with Crippen LogP contribution in [-0.2, 0) is 24.3 Å². The lowest BCUT2D eigenvalue weighted by atomic mass is 10.2. The molecule has 0 N–H and O–H groups in total. The molecule has 4 rings (SSSR count). The fourth-order valence-corrected chi connectivity index (χ4v) is 4.60. The highest BCUT2D eigenvalue weighted by atomic mass is 32.1. The summed E-state index contributed by atoms with van der Waals surface area (Å²) in [4.78, 5) is 31.4. The Balaban J connectivity index is 1.68. The first-order chi connectivity index (χ1) is 13.0. The first-order valence-electron chi connectivity index (χ1n) is 9.09. The van der Waals surface area contributed by atoms with Crippen LogP contribution in [0.4, 0.5) is 0 Å². The molecule has 0 spiro atoms. The third-order valence-electron chi connectivity index (χ3n) is 5.13. The number of esters is 1. The van der Waals surface area contributed by atoms with Crippen molar-refractivity contribution in [2.75, 3.05) is 0 Å². The number of hydrogen-bond donors (Lipinski definition) is 0. The van der Waals surface area contributed by atoms with E-state index in [2.05, 4.69) is 10.1 Å². The Kier molecular flexibility index (Phi) is 4.59. The molecule has 1 aliphatic heterocycles. The number of thiophene rings is 1. The van der Waals surface area contributed by atoms with Crippen molar-refractivity contribution in [2.45, 2.75) is 59.6 Å². The second kappa shape index (κ2) is 6.92. The maximum Gasteiger partial charge on any atom is 0.349 e. The summed E-state index contributed by atoms with van der Waals surface area (Å²) in [6, 6.07) is 0. The average molecular weight is 387 g/mol. The summed E-state index contributed by atoms with van der Waals surface area (Å²) in [6.07, 6.45) is 3.92. The van der Waals surface area contributed by atoms with E-state index in [4.69, 9.17) is 9.26 Å². The molecule has 0 radical (unpaired) electrons.